The molecule has 0 atom stereocenters. The number of nitrogens with zero attached hydrogens (tertiary/aromatic N) is 6. The second-order valence-corrected chi connectivity index (χ2v) is 11.7. The van der Waals surface area contributed by atoms with Gasteiger partial charge in [-0.1, -0.05) is 66.7 Å². The molecule has 10 nitrogen and oxygen atoms in total. The Morgan fingerprint density at radius 1 is 0.925 bits per heavy atom. The normalized spacial score (nSPS) is 12.1. The molecule has 0 amide bonds. The van der Waals surface area contributed by atoms with Gasteiger partial charge in [-0.2, -0.15) is 27.6 Å². The summed E-state index contributed by atoms with van der Waals surface area (Å²) in [5.41, 5.74) is 13.6. The summed E-state index contributed by atoms with van der Waals surface area (Å²) in [6.07, 6.45) is 3.49. The van der Waals surface area contributed by atoms with Crippen molar-refractivity contribution in [3.8, 4) is 22.4 Å². The first-order valence-electron chi connectivity index (χ1n) is 12.7. The van der Waals surface area contributed by atoms with E-state index in [1.54, 1.807) is 4.52 Å². The van der Waals surface area contributed by atoms with Crippen molar-refractivity contribution < 1.29 is 8.42 Å². The first kappa shape index (κ1) is 25.7. The number of hydrogen-bond donors (Lipinski definition) is 2. The zero-order chi connectivity index (χ0) is 27.9. The highest BCUT2D eigenvalue weighted by molar-refractivity contribution is 7.87. The molecule has 6 aromatic rings. The number of hydrogen-bond acceptors (Lipinski definition) is 6. The van der Waals surface area contributed by atoms with E-state index in [9.17, 15) is 8.42 Å². The van der Waals surface area contributed by atoms with Crippen molar-refractivity contribution in [3.05, 3.63) is 103 Å². The minimum absolute atomic E-state index is 0.187. The van der Waals surface area contributed by atoms with Crippen LogP contribution in [0.2, 0.25) is 0 Å². The Kier molecular flexibility index (Phi) is 6.54. The second kappa shape index (κ2) is 10.2. The molecule has 6 rings (SSSR count). The van der Waals surface area contributed by atoms with E-state index in [4.69, 9.17) is 10.8 Å². The van der Waals surface area contributed by atoms with Gasteiger partial charge < -0.3 is 5.73 Å². The number of aromatic nitrogens is 5. The summed E-state index contributed by atoms with van der Waals surface area (Å²) in [5, 5.41) is 10.4. The van der Waals surface area contributed by atoms with Crippen molar-refractivity contribution in [1.82, 2.24) is 33.4 Å². The molecule has 3 aromatic carbocycles. The lowest BCUT2D eigenvalue weighted by Gasteiger charge is -2.12. The molecule has 0 radical (unpaired) electrons. The van der Waals surface area contributed by atoms with Crippen LogP contribution >= 0.6 is 0 Å². The standard InChI is InChI=1S/C29H28N8O2S/c1-35(2)40(38,39)33-16-20-8-10-22(11-9-20)27-15-25(28-29(30)31-19-32-37(27)28)23-12-13-24-18-36(34-26(24)14-23)17-21-6-4-3-5-7-21/h3-15,18-19,33H,16-17H2,1-2H3,(H2,30,31,32). The van der Waals surface area contributed by atoms with Gasteiger partial charge in [0, 0.05) is 43.4 Å². The Labute approximate surface area is 231 Å². The predicted molar refractivity (Wildman–Crippen MR) is 157 cm³/mol. The largest absolute Gasteiger partial charge is 0.382 e. The van der Waals surface area contributed by atoms with Gasteiger partial charge in [-0.05, 0) is 28.8 Å². The fraction of sp³-hybridized carbons (Fsp3) is 0.138. The number of nitrogen functional groups attached to an aromatic ring is 1. The van der Waals surface area contributed by atoms with Crippen LogP contribution in [0.1, 0.15) is 11.1 Å². The van der Waals surface area contributed by atoms with E-state index in [0.29, 0.717) is 17.9 Å². The van der Waals surface area contributed by atoms with Gasteiger partial charge in [0.25, 0.3) is 10.2 Å². The first-order valence-corrected chi connectivity index (χ1v) is 14.1. The van der Waals surface area contributed by atoms with Gasteiger partial charge in [-0.25, -0.2) is 9.50 Å². The van der Waals surface area contributed by atoms with Crippen molar-refractivity contribution in [2.45, 2.75) is 13.1 Å². The van der Waals surface area contributed by atoms with Crippen molar-refractivity contribution in [3.63, 3.8) is 0 Å². The molecule has 0 saturated heterocycles. The number of nitrogens with one attached hydrogen (secondary N) is 1. The van der Waals surface area contributed by atoms with Gasteiger partial charge in [0.1, 0.15) is 11.8 Å². The van der Waals surface area contributed by atoms with Crippen LogP contribution in [-0.4, -0.2) is 51.2 Å². The lowest BCUT2D eigenvalue weighted by atomic mass is 10.0. The maximum Gasteiger partial charge on any atom is 0.279 e. The molecule has 3 N–H and O–H groups in total. The molecule has 0 bridgehead atoms. The molecule has 40 heavy (non-hydrogen) atoms. The summed E-state index contributed by atoms with van der Waals surface area (Å²) in [6, 6.07) is 26.1. The van der Waals surface area contributed by atoms with E-state index in [1.807, 2.05) is 59.4 Å². The van der Waals surface area contributed by atoms with E-state index in [1.165, 1.54) is 26.0 Å². The molecule has 0 aliphatic heterocycles. The smallest absolute Gasteiger partial charge is 0.279 e. The Balaban J connectivity index is 1.35. The van der Waals surface area contributed by atoms with Crippen LogP contribution in [-0.2, 0) is 23.3 Å². The minimum Gasteiger partial charge on any atom is -0.382 e. The molecular formula is C29H28N8O2S. The van der Waals surface area contributed by atoms with Gasteiger partial charge in [-0.3, -0.25) is 4.68 Å². The van der Waals surface area contributed by atoms with E-state index >= 15 is 0 Å². The topological polar surface area (TPSA) is 123 Å². The average Bonchev–Trinajstić information content (AvgIpc) is 3.54. The zero-order valence-electron chi connectivity index (χ0n) is 22.1. The maximum absolute atomic E-state index is 12.1. The summed E-state index contributed by atoms with van der Waals surface area (Å²) >= 11 is 0. The quantitative estimate of drug-likeness (QED) is 0.295. The Bertz CT molecular complexity index is 1930. The van der Waals surface area contributed by atoms with Gasteiger partial charge in [-0.15, -0.1) is 0 Å². The second-order valence-electron chi connectivity index (χ2n) is 9.74. The van der Waals surface area contributed by atoms with Crippen LogP contribution in [0.25, 0.3) is 38.8 Å². The van der Waals surface area contributed by atoms with Gasteiger partial charge in [0.15, 0.2) is 5.82 Å². The maximum atomic E-state index is 12.1. The van der Waals surface area contributed by atoms with E-state index < -0.39 is 10.2 Å². The highest BCUT2D eigenvalue weighted by Gasteiger charge is 2.18. The van der Waals surface area contributed by atoms with Crippen LogP contribution in [0.5, 0.6) is 0 Å². The number of anilines is 1. The van der Waals surface area contributed by atoms with E-state index in [-0.39, 0.29) is 6.54 Å². The summed E-state index contributed by atoms with van der Waals surface area (Å²) in [6.45, 7) is 0.880. The fourth-order valence-corrected chi connectivity index (χ4v) is 5.28. The Morgan fingerprint density at radius 2 is 1.68 bits per heavy atom. The number of fused-ring (bicyclic) bond motifs is 2. The molecule has 0 aliphatic rings. The lowest BCUT2D eigenvalue weighted by Crippen LogP contribution is -2.35. The fourth-order valence-electron chi connectivity index (χ4n) is 4.68. The Morgan fingerprint density at radius 3 is 2.42 bits per heavy atom. The van der Waals surface area contributed by atoms with Crippen LogP contribution < -0.4 is 10.5 Å². The highest BCUT2D eigenvalue weighted by Crippen LogP contribution is 2.35. The molecule has 0 unspecified atom stereocenters. The first-order chi connectivity index (χ1) is 19.3. The summed E-state index contributed by atoms with van der Waals surface area (Å²) in [7, 11) is -0.531. The van der Waals surface area contributed by atoms with Crippen molar-refractivity contribution in [2.24, 2.45) is 0 Å². The molecule has 0 saturated carbocycles. The third-order valence-electron chi connectivity index (χ3n) is 6.82. The highest BCUT2D eigenvalue weighted by atomic mass is 32.2. The zero-order valence-corrected chi connectivity index (χ0v) is 22.9. The van der Waals surface area contributed by atoms with Crippen LogP contribution in [0.4, 0.5) is 5.82 Å². The van der Waals surface area contributed by atoms with Crippen molar-refractivity contribution in [1.29, 1.82) is 0 Å². The average molecular weight is 553 g/mol. The van der Waals surface area contributed by atoms with Gasteiger partial charge in [0.2, 0.25) is 0 Å². The summed E-state index contributed by atoms with van der Waals surface area (Å²) in [5.74, 6) is 0.376. The molecule has 3 heterocycles. The summed E-state index contributed by atoms with van der Waals surface area (Å²) < 4.78 is 31.6. The third-order valence-corrected chi connectivity index (χ3v) is 8.30. The van der Waals surface area contributed by atoms with Crippen LogP contribution in [0.15, 0.2) is 91.4 Å². The van der Waals surface area contributed by atoms with Crippen molar-refractivity contribution >= 4 is 32.4 Å². The molecular weight excluding hydrogens is 524 g/mol. The monoisotopic (exact) mass is 552 g/mol. The molecule has 0 spiro atoms. The molecule has 0 aliphatic carbocycles. The number of nitrogens with two attached hydrogens (primary N) is 1. The van der Waals surface area contributed by atoms with Gasteiger partial charge >= 0.3 is 0 Å². The van der Waals surface area contributed by atoms with Crippen LogP contribution in [0, 0.1) is 0 Å². The van der Waals surface area contributed by atoms with E-state index in [2.05, 4.69) is 45.1 Å². The minimum atomic E-state index is -3.51. The van der Waals surface area contributed by atoms with Crippen LogP contribution in [0.3, 0.4) is 0 Å². The molecule has 11 heteroatoms. The Hall–Kier alpha value is -4.58. The SMILES string of the molecule is CN(C)S(=O)(=O)NCc1ccc(-c2cc(-c3ccc4cn(Cc5ccccc5)nc4c3)c3c(N)ncnn23)cc1. The predicted octanol–water partition coefficient (Wildman–Crippen LogP) is 3.94. The molecule has 3 aromatic heterocycles. The van der Waals surface area contributed by atoms with E-state index in [0.717, 1.165) is 43.2 Å². The summed E-state index contributed by atoms with van der Waals surface area (Å²) in [4.78, 5) is 4.25. The lowest BCUT2D eigenvalue weighted by molar-refractivity contribution is 0.505. The number of rotatable bonds is 8. The van der Waals surface area contributed by atoms with Gasteiger partial charge in [0.05, 0.1) is 17.8 Å². The van der Waals surface area contributed by atoms with Crippen molar-refractivity contribution in [2.75, 3.05) is 19.8 Å². The molecule has 202 valence electrons. The number of benzene rings is 3. The molecule has 0 fully saturated rings. The third kappa shape index (κ3) is 4.93.